The third kappa shape index (κ3) is 3.95. The van der Waals surface area contributed by atoms with Gasteiger partial charge in [0.15, 0.2) is 11.5 Å². The molecule has 0 saturated carbocycles. The highest BCUT2D eigenvalue weighted by molar-refractivity contribution is 5.97. The maximum absolute atomic E-state index is 12.3. The summed E-state index contributed by atoms with van der Waals surface area (Å²) in [4.78, 5) is 25.6. The summed E-state index contributed by atoms with van der Waals surface area (Å²) in [6.45, 7) is 0.493. The van der Waals surface area contributed by atoms with Crippen LogP contribution in [0.4, 0.5) is 0 Å². The molecule has 1 fully saturated rings. The van der Waals surface area contributed by atoms with E-state index in [0.29, 0.717) is 13.0 Å². The van der Waals surface area contributed by atoms with E-state index in [4.69, 9.17) is 9.47 Å². The Kier molecular flexibility index (Phi) is 5.99. The van der Waals surface area contributed by atoms with Gasteiger partial charge in [0, 0.05) is 20.2 Å². The van der Waals surface area contributed by atoms with Gasteiger partial charge in [-0.1, -0.05) is 6.07 Å². The molecule has 0 aliphatic carbocycles. The first-order valence-corrected chi connectivity index (χ1v) is 7.59. The molecule has 1 saturated heterocycles. The minimum Gasteiger partial charge on any atom is -0.504 e. The second-order valence-electron chi connectivity index (χ2n) is 5.57. The summed E-state index contributed by atoms with van der Waals surface area (Å²) < 4.78 is 9.77. The highest BCUT2D eigenvalue weighted by atomic mass is 16.5. The van der Waals surface area contributed by atoms with Crippen LogP contribution in [0.25, 0.3) is 0 Å². The number of β-amino-alcohol motifs (C(OH)–C–C–N with tert-alkyl or cyclic N) is 1. The van der Waals surface area contributed by atoms with Gasteiger partial charge in [0.25, 0.3) is 5.91 Å². The molecule has 1 aliphatic rings. The SMILES string of the molecule is COCC(=O)N1CC[C@@H](NC(=O)c2cccc(OC)c2O)[C@H](O)C1. The lowest BCUT2D eigenvalue weighted by Crippen LogP contribution is -2.55. The van der Waals surface area contributed by atoms with Gasteiger partial charge < -0.3 is 29.9 Å². The third-order valence-corrected chi connectivity index (χ3v) is 3.98. The summed E-state index contributed by atoms with van der Waals surface area (Å²) in [5, 5.41) is 22.9. The van der Waals surface area contributed by atoms with Crippen molar-refractivity contribution in [2.24, 2.45) is 0 Å². The highest BCUT2D eigenvalue weighted by Gasteiger charge is 2.31. The molecule has 3 N–H and O–H groups in total. The predicted octanol–water partition coefficient (Wildman–Crippen LogP) is -0.261. The van der Waals surface area contributed by atoms with Crippen molar-refractivity contribution in [3.05, 3.63) is 23.8 Å². The van der Waals surface area contributed by atoms with E-state index in [9.17, 15) is 19.8 Å². The number of phenolic OH excluding ortho intramolecular Hbond substituents is 1. The molecular weight excluding hydrogens is 316 g/mol. The number of methoxy groups -OCH3 is 2. The molecule has 2 amide bonds. The monoisotopic (exact) mass is 338 g/mol. The van der Waals surface area contributed by atoms with E-state index < -0.39 is 18.1 Å². The van der Waals surface area contributed by atoms with E-state index in [1.807, 2.05) is 0 Å². The lowest BCUT2D eigenvalue weighted by Gasteiger charge is -2.36. The molecule has 2 rings (SSSR count). The molecule has 0 radical (unpaired) electrons. The van der Waals surface area contributed by atoms with Crippen LogP contribution in [-0.2, 0) is 9.53 Å². The number of rotatable bonds is 5. The first kappa shape index (κ1) is 18.0. The summed E-state index contributed by atoms with van der Waals surface area (Å²) in [6, 6.07) is 4.10. The Morgan fingerprint density at radius 2 is 2.12 bits per heavy atom. The smallest absolute Gasteiger partial charge is 0.255 e. The number of nitrogens with zero attached hydrogens (tertiary/aromatic N) is 1. The van der Waals surface area contributed by atoms with Crippen molar-refractivity contribution in [3.63, 3.8) is 0 Å². The van der Waals surface area contributed by atoms with Crippen LogP contribution >= 0.6 is 0 Å². The number of carbonyl (C=O) groups excluding carboxylic acids is 2. The fraction of sp³-hybridized carbons (Fsp3) is 0.500. The molecule has 1 aromatic carbocycles. The van der Waals surface area contributed by atoms with E-state index >= 15 is 0 Å². The Bertz CT molecular complexity index is 606. The zero-order valence-electron chi connectivity index (χ0n) is 13.7. The molecular formula is C16H22N2O6. The first-order valence-electron chi connectivity index (χ1n) is 7.59. The molecule has 0 spiro atoms. The molecule has 8 nitrogen and oxygen atoms in total. The second kappa shape index (κ2) is 7.98. The average Bonchev–Trinajstić information content (AvgIpc) is 2.57. The number of amides is 2. The number of aromatic hydroxyl groups is 1. The number of phenols is 1. The number of likely N-dealkylation sites (tertiary alicyclic amines) is 1. The van der Waals surface area contributed by atoms with Gasteiger partial charge in [0.2, 0.25) is 5.91 Å². The second-order valence-corrected chi connectivity index (χ2v) is 5.57. The molecule has 0 aromatic heterocycles. The largest absolute Gasteiger partial charge is 0.504 e. The van der Waals surface area contributed by atoms with Crippen LogP contribution in [0.5, 0.6) is 11.5 Å². The van der Waals surface area contributed by atoms with Crippen molar-refractivity contribution in [1.29, 1.82) is 0 Å². The number of hydrogen-bond acceptors (Lipinski definition) is 6. The number of carbonyl (C=O) groups is 2. The number of ether oxygens (including phenoxy) is 2. The molecule has 24 heavy (non-hydrogen) atoms. The topological polar surface area (TPSA) is 108 Å². The molecule has 1 aromatic rings. The number of piperidine rings is 1. The molecule has 2 atom stereocenters. The lowest BCUT2D eigenvalue weighted by atomic mass is 10.0. The summed E-state index contributed by atoms with van der Waals surface area (Å²) in [5.41, 5.74) is 0.0689. The van der Waals surface area contributed by atoms with Crippen molar-refractivity contribution < 1.29 is 29.3 Å². The quantitative estimate of drug-likeness (QED) is 0.683. The standard InChI is InChI=1S/C16H22N2O6/c1-23-9-14(20)18-7-6-11(12(19)8-18)17-16(22)10-4-3-5-13(24-2)15(10)21/h3-5,11-12,19,21H,6-9H2,1-2H3,(H,17,22)/t11-,12-/m1/s1. The Morgan fingerprint density at radius 1 is 1.38 bits per heavy atom. The van der Waals surface area contributed by atoms with E-state index in [1.54, 1.807) is 12.1 Å². The minimum absolute atomic E-state index is 0.0402. The maximum Gasteiger partial charge on any atom is 0.255 e. The van der Waals surface area contributed by atoms with E-state index in [0.717, 1.165) is 0 Å². The van der Waals surface area contributed by atoms with Gasteiger partial charge in [-0.3, -0.25) is 9.59 Å². The van der Waals surface area contributed by atoms with Gasteiger partial charge >= 0.3 is 0 Å². The van der Waals surface area contributed by atoms with Crippen LogP contribution in [0, 0.1) is 0 Å². The van der Waals surface area contributed by atoms with Crippen LogP contribution in [0.2, 0.25) is 0 Å². The first-order chi connectivity index (χ1) is 11.5. The Morgan fingerprint density at radius 3 is 2.75 bits per heavy atom. The lowest BCUT2D eigenvalue weighted by molar-refractivity contribution is -0.138. The van der Waals surface area contributed by atoms with Gasteiger partial charge in [0.05, 0.1) is 24.8 Å². The van der Waals surface area contributed by atoms with Crippen molar-refractivity contribution in [2.75, 3.05) is 33.9 Å². The summed E-state index contributed by atoms with van der Waals surface area (Å²) in [7, 11) is 2.83. The molecule has 0 bridgehead atoms. The zero-order chi connectivity index (χ0) is 17.7. The summed E-state index contributed by atoms with van der Waals surface area (Å²) >= 11 is 0. The number of para-hydroxylation sites is 1. The normalized spacial score (nSPS) is 20.5. The molecule has 132 valence electrons. The number of benzene rings is 1. The van der Waals surface area contributed by atoms with Crippen LogP contribution < -0.4 is 10.1 Å². The van der Waals surface area contributed by atoms with Gasteiger partial charge in [0.1, 0.15) is 6.61 Å². The average molecular weight is 338 g/mol. The molecule has 1 heterocycles. The number of aliphatic hydroxyl groups excluding tert-OH is 1. The van der Waals surface area contributed by atoms with Gasteiger partial charge in [-0.05, 0) is 18.6 Å². The Labute approximate surface area is 140 Å². The number of hydrogen-bond donors (Lipinski definition) is 3. The highest BCUT2D eigenvalue weighted by Crippen LogP contribution is 2.29. The van der Waals surface area contributed by atoms with Crippen LogP contribution in [-0.4, -0.2) is 73.0 Å². The number of nitrogens with one attached hydrogen (secondary N) is 1. The predicted molar refractivity (Wildman–Crippen MR) is 85.0 cm³/mol. The van der Waals surface area contributed by atoms with Crippen molar-refractivity contribution >= 4 is 11.8 Å². The van der Waals surface area contributed by atoms with Gasteiger partial charge in [-0.15, -0.1) is 0 Å². The van der Waals surface area contributed by atoms with Crippen molar-refractivity contribution in [1.82, 2.24) is 10.2 Å². The Hall–Kier alpha value is -2.32. The third-order valence-electron chi connectivity index (χ3n) is 3.98. The molecule has 8 heteroatoms. The van der Waals surface area contributed by atoms with Crippen LogP contribution in [0.3, 0.4) is 0 Å². The summed E-state index contributed by atoms with van der Waals surface area (Å²) in [6.07, 6.45) is -0.483. The van der Waals surface area contributed by atoms with Crippen LogP contribution in [0.1, 0.15) is 16.8 Å². The van der Waals surface area contributed by atoms with Crippen molar-refractivity contribution in [2.45, 2.75) is 18.6 Å². The zero-order valence-corrected chi connectivity index (χ0v) is 13.7. The van der Waals surface area contributed by atoms with E-state index in [-0.39, 0.29) is 36.1 Å². The minimum atomic E-state index is -0.892. The fourth-order valence-corrected chi connectivity index (χ4v) is 2.66. The van der Waals surface area contributed by atoms with Crippen molar-refractivity contribution in [3.8, 4) is 11.5 Å². The van der Waals surface area contributed by atoms with E-state index in [1.165, 1.54) is 25.2 Å². The Balaban J connectivity index is 2.00. The van der Waals surface area contributed by atoms with Crippen LogP contribution in [0.15, 0.2) is 18.2 Å². The molecule has 1 aliphatic heterocycles. The maximum atomic E-state index is 12.3. The van der Waals surface area contributed by atoms with Gasteiger partial charge in [-0.25, -0.2) is 0 Å². The number of aliphatic hydroxyl groups is 1. The van der Waals surface area contributed by atoms with Gasteiger partial charge in [-0.2, -0.15) is 0 Å². The summed E-state index contributed by atoms with van der Waals surface area (Å²) in [5.74, 6) is -0.762. The van der Waals surface area contributed by atoms with E-state index in [2.05, 4.69) is 5.32 Å². The molecule has 0 unspecified atom stereocenters. The fourth-order valence-electron chi connectivity index (χ4n) is 2.66.